The second-order valence-corrected chi connectivity index (χ2v) is 9.68. The van der Waals surface area contributed by atoms with Crippen molar-refractivity contribution in [1.29, 1.82) is 0 Å². The summed E-state index contributed by atoms with van der Waals surface area (Å²) in [6, 6.07) is 15.6. The topological polar surface area (TPSA) is 102 Å². The van der Waals surface area contributed by atoms with Gasteiger partial charge in [0.05, 0.1) is 23.9 Å². The standard InChI is InChI=1S/C29H31N5O5/c1-3-12-34-24-18-33(19-25(36)32-15-13-31(14-16-32)20(2)35)28(37)26(24)27(30-29(34)38)21-8-7-11-23(17-21)39-22-9-5-4-6-10-22/h3-11,17,27H,1,12-16,18-19H2,2H3,(H,30,38)/t27-/m0/s1. The van der Waals surface area contributed by atoms with Gasteiger partial charge in [0.25, 0.3) is 5.91 Å². The number of nitrogens with one attached hydrogen (secondary N) is 1. The summed E-state index contributed by atoms with van der Waals surface area (Å²) in [6.45, 7) is 7.33. The lowest BCUT2D eigenvalue weighted by Gasteiger charge is -2.35. The maximum absolute atomic E-state index is 13.7. The molecule has 202 valence electrons. The van der Waals surface area contributed by atoms with E-state index >= 15 is 0 Å². The first-order valence-electron chi connectivity index (χ1n) is 12.9. The molecule has 39 heavy (non-hydrogen) atoms. The maximum Gasteiger partial charge on any atom is 0.322 e. The summed E-state index contributed by atoms with van der Waals surface area (Å²) in [5, 5.41) is 2.96. The van der Waals surface area contributed by atoms with E-state index in [1.54, 1.807) is 21.9 Å². The van der Waals surface area contributed by atoms with E-state index in [-0.39, 0.29) is 43.4 Å². The minimum absolute atomic E-state index is 0.0162. The van der Waals surface area contributed by atoms with Gasteiger partial charge in [-0.3, -0.25) is 19.3 Å². The largest absolute Gasteiger partial charge is 0.457 e. The van der Waals surface area contributed by atoms with Crippen molar-refractivity contribution in [2.24, 2.45) is 0 Å². The molecule has 5 amide bonds. The number of carbonyl (C=O) groups is 4. The number of para-hydroxylation sites is 1. The van der Waals surface area contributed by atoms with E-state index in [0.29, 0.717) is 54.5 Å². The van der Waals surface area contributed by atoms with Crippen molar-refractivity contribution in [3.8, 4) is 11.5 Å². The fourth-order valence-electron chi connectivity index (χ4n) is 5.16. The van der Waals surface area contributed by atoms with Gasteiger partial charge in [0.2, 0.25) is 11.8 Å². The Morgan fingerprint density at radius 3 is 2.38 bits per heavy atom. The Morgan fingerprint density at radius 2 is 1.69 bits per heavy atom. The van der Waals surface area contributed by atoms with Crippen molar-refractivity contribution in [3.63, 3.8) is 0 Å². The molecule has 2 aromatic rings. The molecular formula is C29H31N5O5. The molecule has 5 rings (SSSR count). The highest BCUT2D eigenvalue weighted by Crippen LogP contribution is 2.37. The van der Waals surface area contributed by atoms with Crippen molar-refractivity contribution in [1.82, 2.24) is 24.9 Å². The molecule has 1 saturated heterocycles. The molecular weight excluding hydrogens is 498 g/mol. The molecule has 0 bridgehead atoms. The number of carbonyl (C=O) groups excluding carboxylic acids is 4. The van der Waals surface area contributed by atoms with Crippen molar-refractivity contribution >= 4 is 23.8 Å². The molecule has 0 aromatic heterocycles. The molecule has 10 nitrogen and oxygen atoms in total. The average molecular weight is 530 g/mol. The molecule has 0 aliphatic carbocycles. The molecule has 1 N–H and O–H groups in total. The van der Waals surface area contributed by atoms with Gasteiger partial charge in [-0.2, -0.15) is 0 Å². The SMILES string of the molecule is C=CCN1C(=O)N[C@@H](c2cccc(Oc3ccccc3)c2)C2=C1CN(CC(=O)N1CCN(C(C)=O)CC1)C2=O. The van der Waals surface area contributed by atoms with Crippen LogP contribution in [0.1, 0.15) is 18.5 Å². The monoisotopic (exact) mass is 529 g/mol. The highest BCUT2D eigenvalue weighted by Gasteiger charge is 2.44. The first kappa shape index (κ1) is 26.0. The number of benzene rings is 2. The predicted octanol–water partition coefficient (Wildman–Crippen LogP) is 2.52. The third-order valence-corrected chi connectivity index (χ3v) is 7.18. The van der Waals surface area contributed by atoms with Gasteiger partial charge in [-0.25, -0.2) is 4.79 Å². The molecule has 2 aromatic carbocycles. The summed E-state index contributed by atoms with van der Waals surface area (Å²) in [5.41, 5.74) is 1.70. The Kier molecular flexibility index (Phi) is 7.36. The van der Waals surface area contributed by atoms with E-state index in [9.17, 15) is 19.2 Å². The molecule has 3 aliphatic heterocycles. The van der Waals surface area contributed by atoms with Crippen LogP contribution in [0, 0.1) is 0 Å². The second-order valence-electron chi connectivity index (χ2n) is 9.68. The Morgan fingerprint density at radius 1 is 1.00 bits per heavy atom. The van der Waals surface area contributed by atoms with Gasteiger partial charge in [-0.05, 0) is 29.8 Å². The summed E-state index contributed by atoms with van der Waals surface area (Å²) in [7, 11) is 0. The number of piperazine rings is 1. The molecule has 0 spiro atoms. The van der Waals surface area contributed by atoms with Crippen LogP contribution in [0.3, 0.4) is 0 Å². The molecule has 0 radical (unpaired) electrons. The predicted molar refractivity (Wildman–Crippen MR) is 144 cm³/mol. The van der Waals surface area contributed by atoms with Crippen LogP contribution in [-0.2, 0) is 14.4 Å². The smallest absolute Gasteiger partial charge is 0.322 e. The zero-order valence-corrected chi connectivity index (χ0v) is 21.8. The third-order valence-electron chi connectivity index (χ3n) is 7.18. The van der Waals surface area contributed by atoms with Crippen molar-refractivity contribution < 1.29 is 23.9 Å². The summed E-state index contributed by atoms with van der Waals surface area (Å²) < 4.78 is 5.98. The maximum atomic E-state index is 13.7. The van der Waals surface area contributed by atoms with E-state index < -0.39 is 6.04 Å². The van der Waals surface area contributed by atoms with Crippen molar-refractivity contribution in [2.45, 2.75) is 13.0 Å². The van der Waals surface area contributed by atoms with Crippen LogP contribution < -0.4 is 10.1 Å². The first-order valence-corrected chi connectivity index (χ1v) is 12.9. The fraction of sp³-hybridized carbons (Fsp3) is 0.310. The number of urea groups is 1. The van der Waals surface area contributed by atoms with E-state index in [1.807, 2.05) is 48.5 Å². The number of hydrogen-bond acceptors (Lipinski definition) is 5. The highest BCUT2D eigenvalue weighted by atomic mass is 16.5. The minimum atomic E-state index is -0.695. The van der Waals surface area contributed by atoms with Gasteiger partial charge in [0.15, 0.2) is 0 Å². The normalized spacial score (nSPS) is 19.2. The second kappa shape index (κ2) is 11.0. The third kappa shape index (κ3) is 5.36. The lowest BCUT2D eigenvalue weighted by Crippen LogP contribution is -2.52. The van der Waals surface area contributed by atoms with Crippen molar-refractivity contribution in [2.75, 3.05) is 45.8 Å². The number of rotatable bonds is 7. The van der Waals surface area contributed by atoms with Crippen LogP contribution in [0.4, 0.5) is 4.79 Å². The zero-order chi connectivity index (χ0) is 27.5. The molecule has 0 unspecified atom stereocenters. The number of amides is 5. The van der Waals surface area contributed by atoms with E-state index in [2.05, 4.69) is 11.9 Å². The highest BCUT2D eigenvalue weighted by molar-refractivity contribution is 6.03. The molecule has 0 saturated carbocycles. The molecule has 1 fully saturated rings. The summed E-state index contributed by atoms with van der Waals surface area (Å²) in [5.74, 6) is 0.748. The summed E-state index contributed by atoms with van der Waals surface area (Å²) in [4.78, 5) is 57.9. The molecule has 1 atom stereocenters. The van der Waals surface area contributed by atoms with Crippen LogP contribution in [0.25, 0.3) is 0 Å². The molecule has 10 heteroatoms. The lowest BCUT2D eigenvalue weighted by molar-refractivity contribution is -0.141. The average Bonchev–Trinajstić information content (AvgIpc) is 3.26. The number of ether oxygens (including phenoxy) is 1. The first-order chi connectivity index (χ1) is 18.9. The van der Waals surface area contributed by atoms with Gasteiger partial charge >= 0.3 is 6.03 Å². The quantitative estimate of drug-likeness (QED) is 0.556. The fourth-order valence-corrected chi connectivity index (χ4v) is 5.16. The Labute approximate surface area is 227 Å². The van der Waals surface area contributed by atoms with Gasteiger partial charge in [0, 0.05) is 39.6 Å². The van der Waals surface area contributed by atoms with Gasteiger partial charge in [-0.1, -0.05) is 36.4 Å². The van der Waals surface area contributed by atoms with Crippen LogP contribution in [0.5, 0.6) is 11.5 Å². The van der Waals surface area contributed by atoms with Gasteiger partial charge in [-0.15, -0.1) is 6.58 Å². The van der Waals surface area contributed by atoms with Gasteiger partial charge in [0.1, 0.15) is 18.0 Å². The molecule has 3 heterocycles. The van der Waals surface area contributed by atoms with E-state index in [1.165, 1.54) is 16.7 Å². The Bertz CT molecular complexity index is 1330. The van der Waals surface area contributed by atoms with Crippen LogP contribution in [0.2, 0.25) is 0 Å². The minimum Gasteiger partial charge on any atom is -0.457 e. The number of hydrogen-bond donors (Lipinski definition) is 1. The number of nitrogens with zero attached hydrogens (tertiary/aromatic N) is 4. The zero-order valence-electron chi connectivity index (χ0n) is 21.8. The lowest BCUT2D eigenvalue weighted by atomic mass is 9.95. The summed E-state index contributed by atoms with van der Waals surface area (Å²) in [6.07, 6.45) is 1.60. The Balaban J connectivity index is 1.37. The van der Waals surface area contributed by atoms with Crippen LogP contribution in [-0.4, -0.2) is 89.2 Å². The molecule has 3 aliphatic rings. The van der Waals surface area contributed by atoms with E-state index in [4.69, 9.17) is 4.74 Å². The van der Waals surface area contributed by atoms with Crippen LogP contribution in [0.15, 0.2) is 78.5 Å². The van der Waals surface area contributed by atoms with E-state index in [0.717, 1.165) is 0 Å². The van der Waals surface area contributed by atoms with Gasteiger partial charge < -0.3 is 24.8 Å². The summed E-state index contributed by atoms with van der Waals surface area (Å²) >= 11 is 0. The van der Waals surface area contributed by atoms with Crippen LogP contribution >= 0.6 is 0 Å². The van der Waals surface area contributed by atoms with Crippen molar-refractivity contribution in [3.05, 3.63) is 84.1 Å². The Hall–Kier alpha value is -4.60.